The SMILES string of the molecule is CCN(CC)S(=O)(=O)c1ccc(OC)c(C(=O)NCc2ccccc2CN(C)C(C)C)c1. The molecule has 0 saturated heterocycles. The van der Waals surface area contributed by atoms with Crippen molar-refractivity contribution < 1.29 is 17.9 Å². The summed E-state index contributed by atoms with van der Waals surface area (Å²) in [6, 6.07) is 12.8. The number of ether oxygens (including phenoxy) is 1. The Morgan fingerprint density at radius 2 is 1.69 bits per heavy atom. The summed E-state index contributed by atoms with van der Waals surface area (Å²) >= 11 is 0. The van der Waals surface area contributed by atoms with E-state index in [1.807, 2.05) is 18.2 Å². The Hall–Kier alpha value is -2.42. The fourth-order valence-electron chi connectivity index (χ4n) is 3.34. The number of sulfonamides is 1. The number of hydrogen-bond acceptors (Lipinski definition) is 5. The summed E-state index contributed by atoms with van der Waals surface area (Å²) in [4.78, 5) is 15.3. The van der Waals surface area contributed by atoms with Crippen molar-refractivity contribution in [2.24, 2.45) is 0 Å². The highest BCUT2D eigenvalue weighted by Gasteiger charge is 2.24. The minimum Gasteiger partial charge on any atom is -0.496 e. The molecule has 0 aromatic heterocycles. The standard InChI is InChI=1S/C24H35N3O4S/c1-7-27(8-2)32(29,30)21-13-14-23(31-6)22(15-21)24(28)25-16-19-11-9-10-12-20(19)17-26(5)18(3)4/h9-15,18H,7-8,16-17H2,1-6H3,(H,25,28). The molecule has 0 aliphatic carbocycles. The molecule has 2 aromatic carbocycles. The average Bonchev–Trinajstić information content (AvgIpc) is 2.78. The van der Waals surface area contributed by atoms with Crippen molar-refractivity contribution in [1.29, 1.82) is 0 Å². The fraction of sp³-hybridized carbons (Fsp3) is 0.458. The van der Waals surface area contributed by atoms with Gasteiger partial charge in [0.1, 0.15) is 5.75 Å². The van der Waals surface area contributed by atoms with Crippen molar-refractivity contribution in [3.8, 4) is 5.75 Å². The molecule has 0 unspecified atom stereocenters. The van der Waals surface area contributed by atoms with E-state index in [-0.39, 0.29) is 16.4 Å². The van der Waals surface area contributed by atoms with Gasteiger partial charge in [-0.2, -0.15) is 4.31 Å². The third kappa shape index (κ3) is 6.09. The zero-order valence-corrected chi connectivity index (χ0v) is 20.7. The van der Waals surface area contributed by atoms with Crippen LogP contribution in [0.15, 0.2) is 47.4 Å². The van der Waals surface area contributed by atoms with E-state index in [4.69, 9.17) is 4.74 Å². The first-order valence-electron chi connectivity index (χ1n) is 10.9. The van der Waals surface area contributed by atoms with Crippen LogP contribution in [-0.4, -0.2) is 56.8 Å². The lowest BCUT2D eigenvalue weighted by atomic mass is 10.1. The molecule has 32 heavy (non-hydrogen) atoms. The van der Waals surface area contributed by atoms with Crippen LogP contribution in [0.1, 0.15) is 49.2 Å². The molecule has 0 aliphatic heterocycles. The number of carbonyl (C=O) groups excluding carboxylic acids is 1. The van der Waals surface area contributed by atoms with Gasteiger partial charge in [0.15, 0.2) is 0 Å². The van der Waals surface area contributed by atoms with Gasteiger partial charge in [0.25, 0.3) is 5.91 Å². The minimum atomic E-state index is -3.69. The van der Waals surface area contributed by atoms with Gasteiger partial charge in [-0.15, -0.1) is 0 Å². The lowest BCUT2D eigenvalue weighted by molar-refractivity contribution is 0.0947. The molecule has 0 heterocycles. The quantitative estimate of drug-likeness (QED) is 0.554. The highest BCUT2D eigenvalue weighted by molar-refractivity contribution is 7.89. The number of amides is 1. The Morgan fingerprint density at radius 1 is 1.06 bits per heavy atom. The molecule has 0 bridgehead atoms. The number of methoxy groups -OCH3 is 1. The smallest absolute Gasteiger partial charge is 0.255 e. The summed E-state index contributed by atoms with van der Waals surface area (Å²) in [5.74, 6) is -0.0562. The second kappa shape index (κ2) is 11.4. The van der Waals surface area contributed by atoms with Gasteiger partial charge in [0.2, 0.25) is 10.0 Å². The van der Waals surface area contributed by atoms with Gasteiger partial charge in [-0.1, -0.05) is 38.1 Å². The van der Waals surface area contributed by atoms with Crippen molar-refractivity contribution in [3.63, 3.8) is 0 Å². The fourth-order valence-corrected chi connectivity index (χ4v) is 4.83. The van der Waals surface area contributed by atoms with E-state index in [1.165, 1.54) is 29.6 Å². The third-order valence-corrected chi connectivity index (χ3v) is 7.66. The van der Waals surface area contributed by atoms with E-state index >= 15 is 0 Å². The molecule has 2 aromatic rings. The lowest BCUT2D eigenvalue weighted by Crippen LogP contribution is -2.31. The largest absolute Gasteiger partial charge is 0.496 e. The van der Waals surface area contributed by atoms with Crippen LogP contribution in [0.3, 0.4) is 0 Å². The molecule has 0 fully saturated rings. The van der Waals surface area contributed by atoms with Crippen molar-refractivity contribution in [2.75, 3.05) is 27.2 Å². The molecule has 0 atom stereocenters. The normalized spacial score (nSPS) is 11.9. The molecule has 8 heteroatoms. The monoisotopic (exact) mass is 461 g/mol. The highest BCUT2D eigenvalue weighted by atomic mass is 32.2. The number of hydrogen-bond donors (Lipinski definition) is 1. The van der Waals surface area contributed by atoms with Crippen LogP contribution >= 0.6 is 0 Å². The number of rotatable bonds is 11. The molecule has 7 nitrogen and oxygen atoms in total. The van der Waals surface area contributed by atoms with Crippen LogP contribution in [0.25, 0.3) is 0 Å². The van der Waals surface area contributed by atoms with Gasteiger partial charge in [-0.3, -0.25) is 9.69 Å². The molecular formula is C24H35N3O4S. The van der Waals surface area contributed by atoms with Crippen LogP contribution in [0.5, 0.6) is 5.75 Å². The van der Waals surface area contributed by atoms with Crippen LogP contribution in [-0.2, 0) is 23.1 Å². The van der Waals surface area contributed by atoms with Crippen LogP contribution < -0.4 is 10.1 Å². The molecule has 1 amide bonds. The van der Waals surface area contributed by atoms with Crippen molar-refractivity contribution in [3.05, 3.63) is 59.2 Å². The van der Waals surface area contributed by atoms with E-state index in [0.717, 1.165) is 17.7 Å². The third-order valence-electron chi connectivity index (χ3n) is 5.62. The summed E-state index contributed by atoms with van der Waals surface area (Å²) in [5, 5.41) is 2.92. The minimum absolute atomic E-state index is 0.0751. The van der Waals surface area contributed by atoms with Gasteiger partial charge < -0.3 is 10.1 Å². The molecule has 0 radical (unpaired) electrons. The summed E-state index contributed by atoms with van der Waals surface area (Å²) in [6.07, 6.45) is 0. The van der Waals surface area contributed by atoms with E-state index in [9.17, 15) is 13.2 Å². The maximum absolute atomic E-state index is 13.0. The van der Waals surface area contributed by atoms with Gasteiger partial charge in [0, 0.05) is 32.2 Å². The van der Waals surface area contributed by atoms with Crippen molar-refractivity contribution >= 4 is 15.9 Å². The van der Waals surface area contributed by atoms with Crippen molar-refractivity contribution in [1.82, 2.24) is 14.5 Å². The van der Waals surface area contributed by atoms with Crippen LogP contribution in [0.4, 0.5) is 0 Å². The van der Waals surface area contributed by atoms with E-state index < -0.39 is 10.0 Å². The van der Waals surface area contributed by atoms with E-state index in [1.54, 1.807) is 13.8 Å². The van der Waals surface area contributed by atoms with Gasteiger partial charge in [-0.05, 0) is 50.2 Å². The van der Waals surface area contributed by atoms with Crippen LogP contribution in [0, 0.1) is 0 Å². The predicted molar refractivity (Wildman–Crippen MR) is 127 cm³/mol. The van der Waals surface area contributed by atoms with Gasteiger partial charge >= 0.3 is 0 Å². The zero-order valence-electron chi connectivity index (χ0n) is 19.9. The zero-order chi connectivity index (χ0) is 23.9. The second-order valence-corrected chi connectivity index (χ2v) is 9.85. The maximum atomic E-state index is 13.0. The summed E-state index contributed by atoms with van der Waals surface area (Å²) < 4.78 is 32.5. The van der Waals surface area contributed by atoms with Crippen LogP contribution in [0.2, 0.25) is 0 Å². The van der Waals surface area contributed by atoms with Gasteiger partial charge in [0.05, 0.1) is 17.6 Å². The summed E-state index contributed by atoms with van der Waals surface area (Å²) in [7, 11) is -0.163. The Kier molecular flexibility index (Phi) is 9.24. The number of carbonyl (C=O) groups is 1. The summed E-state index contributed by atoms with van der Waals surface area (Å²) in [5.41, 5.74) is 2.34. The van der Waals surface area contributed by atoms with E-state index in [0.29, 0.717) is 31.4 Å². The topological polar surface area (TPSA) is 78.9 Å². The molecule has 0 spiro atoms. The molecular weight excluding hydrogens is 426 g/mol. The highest BCUT2D eigenvalue weighted by Crippen LogP contribution is 2.25. The van der Waals surface area contributed by atoms with E-state index in [2.05, 4.69) is 37.2 Å². The number of benzene rings is 2. The Balaban J connectivity index is 2.28. The first-order chi connectivity index (χ1) is 15.1. The first-order valence-corrected chi connectivity index (χ1v) is 12.3. The van der Waals surface area contributed by atoms with Crippen molar-refractivity contribution in [2.45, 2.75) is 51.7 Å². The molecule has 1 N–H and O–H groups in total. The average molecular weight is 462 g/mol. The maximum Gasteiger partial charge on any atom is 0.255 e. The molecule has 176 valence electrons. The molecule has 2 rings (SSSR count). The second-order valence-electron chi connectivity index (χ2n) is 7.91. The van der Waals surface area contributed by atoms with Gasteiger partial charge in [-0.25, -0.2) is 8.42 Å². The number of nitrogens with zero attached hydrogens (tertiary/aromatic N) is 2. The number of nitrogens with one attached hydrogen (secondary N) is 1. The first kappa shape index (κ1) is 25.8. The lowest BCUT2D eigenvalue weighted by Gasteiger charge is -2.22. The molecule has 0 aliphatic rings. The Morgan fingerprint density at radius 3 is 2.25 bits per heavy atom. The predicted octanol–water partition coefficient (Wildman–Crippen LogP) is 3.50. The Labute approximate surface area is 192 Å². The summed E-state index contributed by atoms with van der Waals surface area (Å²) in [6.45, 7) is 9.65. The Bertz CT molecular complexity index is 1020. The molecule has 0 saturated carbocycles.